The molecule has 0 unspecified atom stereocenters. The molecule has 158 valence electrons. The molecule has 5 aromatic rings. The van der Waals surface area contributed by atoms with Crippen LogP contribution in [0.5, 0.6) is 0 Å². The number of fused-ring (bicyclic) bond motifs is 3. The fraction of sp³-hybridized carbons (Fsp3) is 0.0500. The molecule has 0 spiro atoms. The van der Waals surface area contributed by atoms with E-state index in [1.165, 1.54) is 10.5 Å². The fourth-order valence-electron chi connectivity index (χ4n) is 3.63. The number of imidazole rings is 1. The Morgan fingerprint density at radius 3 is 2.66 bits per heavy atom. The number of nitriles is 1. The first-order valence-corrected chi connectivity index (χ1v) is 11.1. The molecule has 0 radical (unpaired) electrons. The van der Waals surface area contributed by atoms with E-state index in [-0.39, 0.29) is 17.0 Å². The molecule has 0 amide bonds. The van der Waals surface area contributed by atoms with Crippen molar-refractivity contribution in [3.63, 3.8) is 0 Å². The molecular weight excluding hydrogens is 433 g/mol. The standard InChI is InChI=1S/C20H14N7O4P/c21-10-13-8-14-16(27-17(11-32(29,30)31)24-25-19(27)20(28)23-14)9-15(13)26-7-6-22-18(26)12-4-2-1-3-5-12/h1-9H,11H2,(H,23,28)(H2,29,30,31). The third-order valence-electron chi connectivity index (χ3n) is 4.94. The SMILES string of the molecule is N#Cc1cc2[nH]c(=O)c3nnc(CP(=O)(O)O)n3c2cc1-n1ccnc1-c1ccccc1. The smallest absolute Gasteiger partial charge is 0.324 e. The Kier molecular flexibility index (Phi) is 4.49. The molecule has 3 N–H and O–H groups in total. The molecule has 2 aromatic carbocycles. The highest BCUT2D eigenvalue weighted by Gasteiger charge is 2.22. The number of rotatable bonds is 4. The Bertz CT molecular complexity index is 1640. The molecule has 3 aromatic heterocycles. The Balaban J connectivity index is 1.84. The van der Waals surface area contributed by atoms with Gasteiger partial charge in [0.25, 0.3) is 5.56 Å². The van der Waals surface area contributed by atoms with Crippen LogP contribution in [0.2, 0.25) is 0 Å². The number of aromatic amines is 1. The van der Waals surface area contributed by atoms with Crippen LogP contribution < -0.4 is 5.56 Å². The summed E-state index contributed by atoms with van der Waals surface area (Å²) in [5.41, 5.74) is 1.56. The van der Waals surface area contributed by atoms with Crippen LogP contribution in [0.15, 0.2) is 59.7 Å². The second-order valence-corrected chi connectivity index (χ2v) is 8.68. The summed E-state index contributed by atoms with van der Waals surface area (Å²) >= 11 is 0. The summed E-state index contributed by atoms with van der Waals surface area (Å²) in [5, 5.41) is 17.4. The van der Waals surface area contributed by atoms with Crippen molar-refractivity contribution in [3.8, 4) is 23.1 Å². The zero-order chi connectivity index (χ0) is 22.5. The van der Waals surface area contributed by atoms with Gasteiger partial charge < -0.3 is 14.8 Å². The first-order chi connectivity index (χ1) is 15.4. The van der Waals surface area contributed by atoms with E-state index in [2.05, 4.69) is 26.2 Å². The molecule has 12 heteroatoms. The van der Waals surface area contributed by atoms with Crippen LogP contribution in [-0.2, 0) is 10.7 Å². The highest BCUT2D eigenvalue weighted by Crippen LogP contribution is 2.39. The predicted molar refractivity (Wildman–Crippen MR) is 114 cm³/mol. The van der Waals surface area contributed by atoms with Crippen molar-refractivity contribution in [3.05, 3.63) is 76.6 Å². The summed E-state index contributed by atoms with van der Waals surface area (Å²) < 4.78 is 14.6. The lowest BCUT2D eigenvalue weighted by atomic mass is 10.1. The average molecular weight is 447 g/mol. The zero-order valence-electron chi connectivity index (χ0n) is 16.2. The number of hydrogen-bond donors (Lipinski definition) is 3. The summed E-state index contributed by atoms with van der Waals surface area (Å²) in [4.78, 5) is 38.4. The van der Waals surface area contributed by atoms with Gasteiger partial charge in [-0.25, -0.2) is 4.98 Å². The summed E-state index contributed by atoms with van der Waals surface area (Å²) in [7, 11) is -4.48. The molecular formula is C20H14N7O4P. The van der Waals surface area contributed by atoms with Crippen LogP contribution in [0, 0.1) is 11.3 Å². The van der Waals surface area contributed by atoms with E-state index >= 15 is 0 Å². The molecule has 11 nitrogen and oxygen atoms in total. The molecule has 0 aliphatic carbocycles. The molecule has 0 atom stereocenters. The van der Waals surface area contributed by atoms with Gasteiger partial charge in [-0.3, -0.25) is 18.3 Å². The van der Waals surface area contributed by atoms with Gasteiger partial charge in [-0.2, -0.15) is 5.26 Å². The van der Waals surface area contributed by atoms with Crippen LogP contribution in [0.3, 0.4) is 0 Å². The Labute approximate surface area is 179 Å². The van der Waals surface area contributed by atoms with Gasteiger partial charge in [0.15, 0.2) is 0 Å². The lowest BCUT2D eigenvalue weighted by Crippen LogP contribution is -2.13. The maximum atomic E-state index is 12.5. The Morgan fingerprint density at radius 2 is 1.94 bits per heavy atom. The highest BCUT2D eigenvalue weighted by atomic mass is 31.2. The van der Waals surface area contributed by atoms with Crippen molar-refractivity contribution in [2.45, 2.75) is 6.16 Å². The summed E-state index contributed by atoms with van der Waals surface area (Å²) in [5.74, 6) is 0.537. The van der Waals surface area contributed by atoms with Crippen molar-refractivity contribution in [1.29, 1.82) is 5.26 Å². The van der Waals surface area contributed by atoms with E-state index in [0.29, 0.717) is 22.5 Å². The van der Waals surface area contributed by atoms with E-state index in [4.69, 9.17) is 0 Å². The first-order valence-electron chi connectivity index (χ1n) is 9.33. The van der Waals surface area contributed by atoms with Crippen molar-refractivity contribution < 1.29 is 14.4 Å². The third kappa shape index (κ3) is 3.29. The Morgan fingerprint density at radius 1 is 1.16 bits per heavy atom. The normalized spacial score (nSPS) is 11.8. The zero-order valence-corrected chi connectivity index (χ0v) is 17.1. The Hall–Kier alpha value is -4.10. The van der Waals surface area contributed by atoms with Crippen molar-refractivity contribution in [1.82, 2.24) is 29.1 Å². The van der Waals surface area contributed by atoms with Gasteiger partial charge in [0.1, 0.15) is 23.9 Å². The molecule has 0 aliphatic rings. The monoisotopic (exact) mass is 447 g/mol. The van der Waals surface area contributed by atoms with Crippen LogP contribution in [-0.4, -0.2) is 38.9 Å². The van der Waals surface area contributed by atoms with Crippen molar-refractivity contribution in [2.24, 2.45) is 0 Å². The van der Waals surface area contributed by atoms with Gasteiger partial charge in [0, 0.05) is 18.0 Å². The minimum atomic E-state index is -4.48. The van der Waals surface area contributed by atoms with Crippen LogP contribution in [0.25, 0.3) is 33.8 Å². The highest BCUT2D eigenvalue weighted by molar-refractivity contribution is 7.50. The van der Waals surface area contributed by atoms with Gasteiger partial charge in [-0.15, -0.1) is 10.2 Å². The molecule has 5 rings (SSSR count). The van der Waals surface area contributed by atoms with E-state index in [0.717, 1.165) is 5.56 Å². The minimum Gasteiger partial charge on any atom is -0.324 e. The maximum Gasteiger partial charge on any atom is 0.333 e. The lowest BCUT2D eigenvalue weighted by Gasteiger charge is -2.13. The van der Waals surface area contributed by atoms with Gasteiger partial charge in [0.05, 0.1) is 22.3 Å². The maximum absolute atomic E-state index is 12.5. The summed E-state index contributed by atoms with van der Waals surface area (Å²) in [6.07, 6.45) is 2.62. The molecule has 3 heterocycles. The topological polar surface area (TPSA) is 162 Å². The van der Waals surface area contributed by atoms with Gasteiger partial charge >= 0.3 is 7.60 Å². The number of nitrogens with one attached hydrogen (secondary N) is 1. The number of aromatic nitrogens is 6. The molecule has 0 saturated heterocycles. The molecule has 32 heavy (non-hydrogen) atoms. The lowest BCUT2D eigenvalue weighted by molar-refractivity contribution is 0.370. The van der Waals surface area contributed by atoms with Crippen LogP contribution >= 0.6 is 7.60 Å². The molecule has 0 aliphatic heterocycles. The van der Waals surface area contributed by atoms with E-state index < -0.39 is 19.3 Å². The summed E-state index contributed by atoms with van der Waals surface area (Å²) in [6.45, 7) is 0. The van der Waals surface area contributed by atoms with Crippen LogP contribution in [0.4, 0.5) is 0 Å². The largest absolute Gasteiger partial charge is 0.333 e. The predicted octanol–water partition coefficient (Wildman–Crippen LogP) is 1.97. The number of nitrogens with zero attached hydrogens (tertiary/aromatic N) is 6. The van der Waals surface area contributed by atoms with Crippen LogP contribution in [0.1, 0.15) is 11.4 Å². The van der Waals surface area contributed by atoms with E-state index in [1.807, 2.05) is 30.3 Å². The number of benzene rings is 2. The first kappa shape index (κ1) is 19.8. The minimum absolute atomic E-state index is 0.0611. The second-order valence-electron chi connectivity index (χ2n) is 7.04. The summed E-state index contributed by atoms with van der Waals surface area (Å²) in [6, 6.07) is 14.7. The second kappa shape index (κ2) is 7.25. The van der Waals surface area contributed by atoms with Crippen molar-refractivity contribution >= 4 is 24.3 Å². The van der Waals surface area contributed by atoms with Gasteiger partial charge in [-0.1, -0.05) is 30.3 Å². The molecule has 0 fully saturated rings. The van der Waals surface area contributed by atoms with Crippen molar-refractivity contribution in [2.75, 3.05) is 0 Å². The third-order valence-corrected chi connectivity index (χ3v) is 5.63. The fourth-order valence-corrected chi connectivity index (χ4v) is 4.20. The molecule has 0 saturated carbocycles. The molecule has 0 bridgehead atoms. The quantitative estimate of drug-likeness (QED) is 0.352. The number of hydrogen-bond acceptors (Lipinski definition) is 6. The average Bonchev–Trinajstić information content (AvgIpc) is 3.40. The van der Waals surface area contributed by atoms with E-state index in [1.54, 1.807) is 23.0 Å². The van der Waals surface area contributed by atoms with E-state index in [9.17, 15) is 24.4 Å². The van der Waals surface area contributed by atoms with Gasteiger partial charge in [-0.05, 0) is 12.1 Å². The number of H-pyrrole nitrogens is 1. The van der Waals surface area contributed by atoms with Gasteiger partial charge in [0.2, 0.25) is 5.65 Å².